The van der Waals surface area contributed by atoms with Crippen LogP contribution >= 0.6 is 0 Å². The topological polar surface area (TPSA) is 47.8 Å². The van der Waals surface area contributed by atoms with Gasteiger partial charge in [-0.15, -0.1) is 0 Å². The zero-order chi connectivity index (χ0) is 19.7. The Morgan fingerprint density at radius 1 is 0.964 bits per heavy atom. The van der Waals surface area contributed by atoms with Crippen molar-refractivity contribution in [3.8, 4) is 11.1 Å². The molecule has 0 radical (unpaired) electrons. The van der Waals surface area contributed by atoms with Gasteiger partial charge in [0.2, 0.25) is 0 Å². The van der Waals surface area contributed by atoms with E-state index in [1.54, 1.807) is 36.5 Å². The van der Waals surface area contributed by atoms with Crippen LogP contribution in [0.4, 0.5) is 8.78 Å². The van der Waals surface area contributed by atoms with Gasteiger partial charge in [-0.2, -0.15) is 0 Å². The number of hydrogen-bond acceptors (Lipinski definition) is 3. The molecule has 0 saturated carbocycles. The first-order chi connectivity index (χ1) is 13.6. The largest absolute Gasteiger partial charge is 0.301 e. The van der Waals surface area contributed by atoms with Crippen molar-refractivity contribution in [3.05, 3.63) is 94.2 Å². The maximum absolute atomic E-state index is 14.8. The number of nitrogens with zero attached hydrogens (tertiary/aromatic N) is 3. The van der Waals surface area contributed by atoms with Crippen LogP contribution in [0.25, 0.3) is 22.2 Å². The van der Waals surface area contributed by atoms with Crippen molar-refractivity contribution in [2.24, 2.45) is 0 Å². The Labute approximate surface area is 160 Å². The van der Waals surface area contributed by atoms with E-state index in [0.29, 0.717) is 22.2 Å². The molecule has 2 aromatic carbocycles. The summed E-state index contributed by atoms with van der Waals surface area (Å²) in [5, 5.41) is 0. The molecule has 2 aromatic heterocycles. The number of benzene rings is 2. The second kappa shape index (κ2) is 7.31. The Hall–Kier alpha value is -3.41. The molecule has 140 valence electrons. The van der Waals surface area contributed by atoms with E-state index in [4.69, 9.17) is 0 Å². The molecule has 0 aliphatic heterocycles. The highest BCUT2D eigenvalue weighted by Gasteiger charge is 2.15. The number of para-hydroxylation sites is 2. The molecule has 0 unspecified atom stereocenters. The van der Waals surface area contributed by atoms with Gasteiger partial charge in [0.15, 0.2) is 0 Å². The standard InChI is InChI=1S/C22H17F2N3O/c1-2-16-9-14(7-8-25-16)15-10-18(23)17(19(24)11-15)13-27-21-6-4-3-5-20(21)26-12-22(27)28/h3-12H,2,13H2,1H3. The van der Waals surface area contributed by atoms with Crippen LogP contribution in [0.3, 0.4) is 0 Å². The van der Waals surface area contributed by atoms with Crippen LogP contribution in [0.5, 0.6) is 0 Å². The van der Waals surface area contributed by atoms with E-state index in [9.17, 15) is 13.6 Å². The molecule has 0 amide bonds. The third-order valence-corrected chi connectivity index (χ3v) is 4.72. The molecule has 28 heavy (non-hydrogen) atoms. The van der Waals surface area contributed by atoms with Crippen LogP contribution in [0.2, 0.25) is 0 Å². The van der Waals surface area contributed by atoms with Gasteiger partial charge in [0.05, 0.1) is 23.8 Å². The summed E-state index contributed by atoms with van der Waals surface area (Å²) in [6.07, 6.45) is 3.52. The minimum Gasteiger partial charge on any atom is -0.301 e. The van der Waals surface area contributed by atoms with Crippen molar-refractivity contribution in [3.63, 3.8) is 0 Å². The van der Waals surface area contributed by atoms with Crippen LogP contribution in [-0.4, -0.2) is 14.5 Å². The quantitative estimate of drug-likeness (QED) is 0.531. The minimum absolute atomic E-state index is 0.160. The van der Waals surface area contributed by atoms with Crippen molar-refractivity contribution >= 4 is 11.0 Å². The molecule has 4 nitrogen and oxygen atoms in total. The minimum atomic E-state index is -0.697. The SMILES string of the molecule is CCc1cc(-c2cc(F)c(Cn3c(=O)cnc4ccccc43)c(F)c2)ccn1. The van der Waals surface area contributed by atoms with Crippen molar-refractivity contribution in [2.45, 2.75) is 19.9 Å². The van der Waals surface area contributed by atoms with E-state index in [0.717, 1.165) is 18.3 Å². The Morgan fingerprint density at radius 3 is 2.46 bits per heavy atom. The lowest BCUT2D eigenvalue weighted by atomic mass is 10.0. The fraction of sp³-hybridized carbons (Fsp3) is 0.136. The van der Waals surface area contributed by atoms with Gasteiger partial charge in [-0.05, 0) is 53.9 Å². The third kappa shape index (κ3) is 3.29. The van der Waals surface area contributed by atoms with Crippen molar-refractivity contribution in [1.29, 1.82) is 0 Å². The Morgan fingerprint density at radius 2 is 1.71 bits per heavy atom. The van der Waals surface area contributed by atoms with Crippen LogP contribution in [0.15, 0.2) is 65.7 Å². The Kier molecular flexibility index (Phi) is 4.69. The molecule has 0 bridgehead atoms. The second-order valence-electron chi connectivity index (χ2n) is 6.48. The first kappa shape index (κ1) is 18.0. The summed E-state index contributed by atoms with van der Waals surface area (Å²) < 4.78 is 30.9. The molecule has 0 aliphatic rings. The highest BCUT2D eigenvalue weighted by Crippen LogP contribution is 2.26. The summed E-state index contributed by atoms with van der Waals surface area (Å²) in [5.74, 6) is -1.39. The van der Waals surface area contributed by atoms with E-state index < -0.39 is 17.2 Å². The van der Waals surface area contributed by atoms with Crippen molar-refractivity contribution < 1.29 is 8.78 Å². The molecule has 0 fully saturated rings. The highest BCUT2D eigenvalue weighted by atomic mass is 19.1. The maximum atomic E-state index is 14.8. The fourth-order valence-corrected chi connectivity index (χ4v) is 3.21. The molecule has 6 heteroatoms. The number of halogens is 2. The van der Waals surface area contributed by atoms with Gasteiger partial charge >= 0.3 is 0 Å². The number of aromatic nitrogens is 3. The van der Waals surface area contributed by atoms with E-state index in [1.165, 1.54) is 16.7 Å². The number of pyridine rings is 1. The third-order valence-electron chi connectivity index (χ3n) is 4.72. The first-order valence-electron chi connectivity index (χ1n) is 8.94. The van der Waals surface area contributed by atoms with E-state index >= 15 is 0 Å². The maximum Gasteiger partial charge on any atom is 0.269 e. The van der Waals surface area contributed by atoms with Gasteiger partial charge in [-0.1, -0.05) is 19.1 Å². The monoisotopic (exact) mass is 377 g/mol. The van der Waals surface area contributed by atoms with Crippen molar-refractivity contribution in [1.82, 2.24) is 14.5 Å². The molecule has 0 N–H and O–H groups in total. The lowest BCUT2D eigenvalue weighted by Crippen LogP contribution is -2.22. The normalized spacial score (nSPS) is 11.1. The number of hydrogen-bond donors (Lipinski definition) is 0. The summed E-state index contributed by atoms with van der Waals surface area (Å²) in [6, 6.07) is 13.1. The summed E-state index contributed by atoms with van der Waals surface area (Å²) in [7, 11) is 0. The lowest BCUT2D eigenvalue weighted by molar-refractivity contribution is 0.545. The summed E-state index contributed by atoms with van der Waals surface area (Å²) in [5.41, 5.74) is 2.51. The first-order valence-corrected chi connectivity index (χ1v) is 8.94. The molecule has 0 aliphatic carbocycles. The molecule has 4 rings (SSSR count). The van der Waals surface area contributed by atoms with Gasteiger partial charge in [0.1, 0.15) is 11.6 Å². The average molecular weight is 377 g/mol. The molecule has 0 atom stereocenters. The number of aryl methyl sites for hydroxylation is 1. The molecule has 2 heterocycles. The van der Waals surface area contributed by atoms with E-state index in [2.05, 4.69) is 9.97 Å². The molecule has 0 spiro atoms. The Balaban J connectivity index is 1.78. The zero-order valence-corrected chi connectivity index (χ0v) is 15.2. The van der Waals surface area contributed by atoms with Gasteiger partial charge < -0.3 is 4.57 Å². The van der Waals surface area contributed by atoms with E-state index in [1.807, 2.05) is 13.0 Å². The predicted octanol–water partition coefficient (Wildman–Crippen LogP) is 4.35. The predicted molar refractivity (Wildman–Crippen MR) is 104 cm³/mol. The van der Waals surface area contributed by atoms with Crippen LogP contribution < -0.4 is 5.56 Å². The number of rotatable bonds is 4. The molecule has 0 saturated heterocycles. The van der Waals surface area contributed by atoms with Crippen LogP contribution in [0.1, 0.15) is 18.2 Å². The van der Waals surface area contributed by atoms with E-state index in [-0.39, 0.29) is 12.1 Å². The van der Waals surface area contributed by atoms with Gasteiger partial charge in [0.25, 0.3) is 5.56 Å². The molecular formula is C22H17F2N3O. The van der Waals surface area contributed by atoms with Crippen molar-refractivity contribution in [2.75, 3.05) is 0 Å². The highest BCUT2D eigenvalue weighted by molar-refractivity contribution is 5.74. The number of fused-ring (bicyclic) bond motifs is 1. The molecular weight excluding hydrogens is 360 g/mol. The Bertz CT molecular complexity index is 1210. The van der Waals surface area contributed by atoms with Crippen LogP contribution in [0, 0.1) is 11.6 Å². The van der Waals surface area contributed by atoms with Crippen LogP contribution in [-0.2, 0) is 13.0 Å². The van der Waals surface area contributed by atoms with Gasteiger partial charge in [-0.25, -0.2) is 13.8 Å². The smallest absolute Gasteiger partial charge is 0.269 e. The summed E-state index contributed by atoms with van der Waals surface area (Å²) >= 11 is 0. The average Bonchev–Trinajstić information content (AvgIpc) is 2.72. The van der Waals surface area contributed by atoms with Gasteiger partial charge in [0, 0.05) is 17.5 Å². The van der Waals surface area contributed by atoms with Gasteiger partial charge in [-0.3, -0.25) is 9.78 Å². The zero-order valence-electron chi connectivity index (χ0n) is 15.2. The summed E-state index contributed by atoms with van der Waals surface area (Å²) in [4.78, 5) is 20.5. The summed E-state index contributed by atoms with van der Waals surface area (Å²) in [6.45, 7) is 1.75. The lowest BCUT2D eigenvalue weighted by Gasteiger charge is -2.12. The second-order valence-corrected chi connectivity index (χ2v) is 6.48. The fourth-order valence-electron chi connectivity index (χ4n) is 3.21. The molecule has 4 aromatic rings.